The Kier molecular flexibility index (Phi) is 5.81. The maximum atomic E-state index is 12.3. The van der Waals surface area contributed by atoms with Gasteiger partial charge in [0.2, 0.25) is 0 Å². The third-order valence-corrected chi connectivity index (χ3v) is 3.95. The fraction of sp³-hybridized carbons (Fsp3) is 0.471. The fourth-order valence-electron chi connectivity index (χ4n) is 2.83. The van der Waals surface area contributed by atoms with Crippen molar-refractivity contribution in [1.82, 2.24) is 4.90 Å². The number of ether oxygens (including phenoxy) is 1. The van der Waals surface area contributed by atoms with E-state index in [1.54, 1.807) is 4.90 Å². The smallest absolute Gasteiger partial charge is 0.410 e. The number of amides is 1. The van der Waals surface area contributed by atoms with E-state index in [1.807, 2.05) is 36.4 Å². The monoisotopic (exact) mass is 289 g/mol. The van der Waals surface area contributed by atoms with E-state index in [4.69, 9.17) is 4.74 Å². The highest BCUT2D eigenvalue weighted by Crippen LogP contribution is 2.28. The molecule has 21 heavy (non-hydrogen) atoms. The van der Waals surface area contributed by atoms with Crippen LogP contribution in [0.4, 0.5) is 4.79 Å². The number of carbonyl (C=O) groups is 1. The molecule has 0 saturated carbocycles. The van der Waals surface area contributed by atoms with E-state index in [0.29, 0.717) is 0 Å². The van der Waals surface area contributed by atoms with E-state index < -0.39 is 0 Å². The maximum absolute atomic E-state index is 12.3. The second kappa shape index (κ2) is 7.84. The Bertz CT molecular complexity index is 460. The molecule has 1 N–H and O–H groups in total. The molecule has 2 atom stereocenters. The number of aliphatic hydroxyl groups is 1. The highest BCUT2D eigenvalue weighted by atomic mass is 16.6. The number of likely N-dealkylation sites (tertiary alicyclic amines) is 1. The van der Waals surface area contributed by atoms with Gasteiger partial charge in [0.1, 0.15) is 6.61 Å². The van der Waals surface area contributed by atoms with Crippen LogP contribution in [0.25, 0.3) is 0 Å². The molecule has 1 amide bonds. The molecule has 0 aliphatic carbocycles. The third-order valence-electron chi connectivity index (χ3n) is 3.95. The Morgan fingerprint density at radius 1 is 1.33 bits per heavy atom. The van der Waals surface area contributed by atoms with Crippen molar-refractivity contribution in [1.29, 1.82) is 0 Å². The molecule has 1 aliphatic rings. The van der Waals surface area contributed by atoms with Gasteiger partial charge in [-0.1, -0.05) is 36.4 Å². The molecule has 1 aromatic carbocycles. The molecular formula is C17H23NO3. The van der Waals surface area contributed by atoms with Crippen molar-refractivity contribution in [2.24, 2.45) is 0 Å². The van der Waals surface area contributed by atoms with Gasteiger partial charge in [-0.25, -0.2) is 4.79 Å². The second-order valence-corrected chi connectivity index (χ2v) is 5.38. The summed E-state index contributed by atoms with van der Waals surface area (Å²) in [6.07, 6.45) is 5.02. The van der Waals surface area contributed by atoms with E-state index in [-0.39, 0.29) is 31.4 Å². The van der Waals surface area contributed by atoms with Crippen LogP contribution in [0.15, 0.2) is 43.0 Å². The average Bonchev–Trinajstić information content (AvgIpc) is 2.94. The highest BCUT2D eigenvalue weighted by molar-refractivity contribution is 5.69. The SMILES string of the molecule is C=CCC[C@@H]1CC[C@@H](CO)N1C(=O)OCc1ccccc1. The van der Waals surface area contributed by atoms with Gasteiger partial charge >= 0.3 is 6.09 Å². The summed E-state index contributed by atoms with van der Waals surface area (Å²) in [6, 6.07) is 9.64. The fourth-order valence-corrected chi connectivity index (χ4v) is 2.83. The number of carbonyl (C=O) groups excluding carboxylic acids is 1. The van der Waals surface area contributed by atoms with E-state index in [1.165, 1.54) is 0 Å². The largest absolute Gasteiger partial charge is 0.445 e. The molecule has 1 heterocycles. The molecule has 0 radical (unpaired) electrons. The van der Waals surface area contributed by atoms with Crippen LogP contribution in [0, 0.1) is 0 Å². The minimum Gasteiger partial charge on any atom is -0.445 e. The zero-order valence-electron chi connectivity index (χ0n) is 12.3. The molecule has 4 nitrogen and oxygen atoms in total. The summed E-state index contributed by atoms with van der Waals surface area (Å²) in [7, 11) is 0. The third kappa shape index (κ3) is 4.08. The van der Waals surface area contributed by atoms with E-state index in [0.717, 1.165) is 31.2 Å². The Hall–Kier alpha value is -1.81. The van der Waals surface area contributed by atoms with Gasteiger partial charge in [0.15, 0.2) is 0 Å². The Morgan fingerprint density at radius 2 is 2.05 bits per heavy atom. The van der Waals surface area contributed by atoms with Crippen LogP contribution in [-0.2, 0) is 11.3 Å². The molecule has 1 aromatic rings. The van der Waals surface area contributed by atoms with Crippen LogP contribution in [0.2, 0.25) is 0 Å². The van der Waals surface area contributed by atoms with Gasteiger partial charge in [0.25, 0.3) is 0 Å². The van der Waals surface area contributed by atoms with E-state index in [9.17, 15) is 9.90 Å². The number of allylic oxidation sites excluding steroid dienone is 1. The minimum atomic E-state index is -0.329. The molecule has 4 heteroatoms. The van der Waals surface area contributed by atoms with Crippen molar-refractivity contribution >= 4 is 6.09 Å². The second-order valence-electron chi connectivity index (χ2n) is 5.38. The number of rotatable bonds is 6. The summed E-state index contributed by atoms with van der Waals surface area (Å²) in [6.45, 7) is 3.98. The van der Waals surface area contributed by atoms with Crippen molar-refractivity contribution in [3.8, 4) is 0 Å². The van der Waals surface area contributed by atoms with Crippen LogP contribution in [0.3, 0.4) is 0 Å². The Labute approximate surface area is 126 Å². The van der Waals surface area contributed by atoms with Crippen LogP contribution >= 0.6 is 0 Å². The predicted octanol–water partition coefficient (Wildman–Crippen LogP) is 3.11. The van der Waals surface area contributed by atoms with Crippen molar-refractivity contribution < 1.29 is 14.6 Å². The van der Waals surface area contributed by atoms with E-state index in [2.05, 4.69) is 6.58 Å². The van der Waals surface area contributed by atoms with Crippen molar-refractivity contribution in [3.63, 3.8) is 0 Å². The number of hydrogen-bond acceptors (Lipinski definition) is 3. The van der Waals surface area contributed by atoms with Gasteiger partial charge in [-0.15, -0.1) is 6.58 Å². The summed E-state index contributed by atoms with van der Waals surface area (Å²) >= 11 is 0. The summed E-state index contributed by atoms with van der Waals surface area (Å²) < 4.78 is 5.40. The first-order chi connectivity index (χ1) is 10.3. The van der Waals surface area contributed by atoms with Gasteiger partial charge in [0.05, 0.1) is 12.6 Å². The first-order valence-electron chi connectivity index (χ1n) is 7.47. The zero-order valence-corrected chi connectivity index (χ0v) is 12.3. The van der Waals surface area contributed by atoms with Crippen molar-refractivity contribution in [3.05, 3.63) is 48.6 Å². The summed E-state index contributed by atoms with van der Waals surface area (Å²) in [4.78, 5) is 14.0. The molecule has 0 spiro atoms. The highest BCUT2D eigenvalue weighted by Gasteiger charge is 2.36. The van der Waals surface area contributed by atoms with Gasteiger partial charge in [-0.05, 0) is 31.2 Å². The van der Waals surface area contributed by atoms with Crippen LogP contribution in [0.1, 0.15) is 31.2 Å². The standard InChI is InChI=1S/C17H23NO3/c1-2-3-9-15-10-11-16(12-19)18(15)17(20)21-13-14-7-5-4-6-8-14/h2,4-8,15-16,19H,1,3,9-13H2/t15-,16+/m1/s1. The van der Waals surface area contributed by atoms with Gasteiger partial charge in [0, 0.05) is 6.04 Å². The summed E-state index contributed by atoms with van der Waals surface area (Å²) in [5.74, 6) is 0. The normalized spacial score (nSPS) is 21.3. The Morgan fingerprint density at radius 3 is 2.71 bits per heavy atom. The molecule has 0 aromatic heterocycles. The number of aliphatic hydroxyl groups excluding tert-OH is 1. The molecule has 1 aliphatic heterocycles. The lowest BCUT2D eigenvalue weighted by molar-refractivity contribution is 0.0637. The van der Waals surface area contributed by atoms with Gasteiger partial charge in [-0.3, -0.25) is 4.90 Å². The number of benzene rings is 1. The lowest BCUT2D eigenvalue weighted by atomic mass is 10.1. The molecule has 1 fully saturated rings. The molecule has 2 rings (SSSR count). The molecule has 0 unspecified atom stereocenters. The molecular weight excluding hydrogens is 266 g/mol. The first-order valence-corrected chi connectivity index (χ1v) is 7.47. The lowest BCUT2D eigenvalue weighted by Gasteiger charge is -2.28. The quantitative estimate of drug-likeness (QED) is 0.819. The molecule has 1 saturated heterocycles. The minimum absolute atomic E-state index is 0.00890. The maximum Gasteiger partial charge on any atom is 0.410 e. The summed E-state index contributed by atoms with van der Waals surface area (Å²) in [5.41, 5.74) is 0.966. The Balaban J connectivity index is 1.95. The first kappa shape index (κ1) is 15.6. The van der Waals surface area contributed by atoms with Crippen molar-refractivity contribution in [2.45, 2.75) is 44.4 Å². The van der Waals surface area contributed by atoms with Gasteiger partial charge < -0.3 is 9.84 Å². The van der Waals surface area contributed by atoms with E-state index >= 15 is 0 Å². The van der Waals surface area contributed by atoms with Crippen LogP contribution in [0.5, 0.6) is 0 Å². The lowest BCUT2D eigenvalue weighted by Crippen LogP contribution is -2.43. The number of nitrogens with zero attached hydrogens (tertiary/aromatic N) is 1. The molecule has 114 valence electrons. The molecule has 0 bridgehead atoms. The van der Waals surface area contributed by atoms with Crippen molar-refractivity contribution in [2.75, 3.05) is 6.61 Å². The van der Waals surface area contributed by atoms with Crippen LogP contribution in [-0.4, -0.2) is 34.8 Å². The summed E-state index contributed by atoms with van der Waals surface area (Å²) in [5, 5.41) is 9.44. The van der Waals surface area contributed by atoms with Crippen LogP contribution < -0.4 is 0 Å². The zero-order chi connectivity index (χ0) is 15.1. The topological polar surface area (TPSA) is 49.8 Å². The average molecular weight is 289 g/mol. The number of hydrogen-bond donors (Lipinski definition) is 1. The predicted molar refractivity (Wildman–Crippen MR) is 81.8 cm³/mol. The van der Waals surface area contributed by atoms with Gasteiger partial charge in [-0.2, -0.15) is 0 Å².